The zero-order valence-electron chi connectivity index (χ0n) is 10.1. The van der Waals surface area contributed by atoms with E-state index in [4.69, 9.17) is 5.73 Å². The number of amides is 1. The Bertz CT molecular complexity index is 358. The second kappa shape index (κ2) is 8.28. The quantitative estimate of drug-likeness (QED) is 0.891. The summed E-state index contributed by atoms with van der Waals surface area (Å²) in [6.07, 6.45) is 1.66. The maximum atomic E-state index is 11.6. The SMILES string of the molecule is Cc1ccnc(NC(=O)[C@H](N)C(C)C)c1.Cl.Cl. The van der Waals surface area contributed by atoms with Crippen molar-refractivity contribution in [2.75, 3.05) is 5.32 Å². The molecule has 0 fully saturated rings. The average Bonchev–Trinajstić information content (AvgIpc) is 2.16. The third-order valence-corrected chi connectivity index (χ3v) is 2.19. The van der Waals surface area contributed by atoms with Crippen molar-refractivity contribution in [3.63, 3.8) is 0 Å². The molecule has 1 amide bonds. The van der Waals surface area contributed by atoms with Gasteiger partial charge in [-0.3, -0.25) is 4.79 Å². The molecular formula is C11H19Cl2N3O. The molecule has 3 N–H and O–H groups in total. The highest BCUT2D eigenvalue weighted by Crippen LogP contribution is 2.07. The Balaban J connectivity index is 0. The van der Waals surface area contributed by atoms with Crippen molar-refractivity contribution in [1.82, 2.24) is 4.98 Å². The number of nitrogens with two attached hydrogens (primary N) is 1. The van der Waals surface area contributed by atoms with Crippen LogP contribution in [0.5, 0.6) is 0 Å². The minimum atomic E-state index is -0.493. The van der Waals surface area contributed by atoms with Crippen molar-refractivity contribution in [3.8, 4) is 0 Å². The van der Waals surface area contributed by atoms with E-state index in [1.54, 1.807) is 6.20 Å². The molecule has 17 heavy (non-hydrogen) atoms. The summed E-state index contributed by atoms with van der Waals surface area (Å²) in [4.78, 5) is 15.6. The molecule has 0 bridgehead atoms. The molecule has 0 saturated heterocycles. The normalized spacial score (nSPS) is 11.1. The van der Waals surface area contributed by atoms with Gasteiger partial charge in [0.25, 0.3) is 0 Å². The summed E-state index contributed by atoms with van der Waals surface area (Å²) in [5, 5.41) is 2.69. The first-order valence-electron chi connectivity index (χ1n) is 5.00. The van der Waals surface area contributed by atoms with Gasteiger partial charge in [0.1, 0.15) is 5.82 Å². The first-order chi connectivity index (χ1) is 7.00. The second-order valence-corrected chi connectivity index (χ2v) is 3.98. The van der Waals surface area contributed by atoms with Crippen LogP contribution in [0.25, 0.3) is 0 Å². The summed E-state index contributed by atoms with van der Waals surface area (Å²) < 4.78 is 0. The molecule has 4 nitrogen and oxygen atoms in total. The molecule has 1 atom stereocenters. The highest BCUT2D eigenvalue weighted by molar-refractivity contribution is 5.94. The molecule has 6 heteroatoms. The number of nitrogens with zero attached hydrogens (tertiary/aromatic N) is 1. The van der Waals surface area contributed by atoms with Gasteiger partial charge in [-0.15, -0.1) is 24.8 Å². The van der Waals surface area contributed by atoms with Gasteiger partial charge in [0.05, 0.1) is 6.04 Å². The van der Waals surface area contributed by atoms with Gasteiger partial charge < -0.3 is 11.1 Å². The summed E-state index contributed by atoms with van der Waals surface area (Å²) in [6, 6.07) is 3.19. The highest BCUT2D eigenvalue weighted by Gasteiger charge is 2.17. The molecule has 1 heterocycles. The Morgan fingerprint density at radius 3 is 2.47 bits per heavy atom. The van der Waals surface area contributed by atoms with Gasteiger partial charge in [0.15, 0.2) is 0 Å². The van der Waals surface area contributed by atoms with E-state index in [1.165, 1.54) is 0 Å². The van der Waals surface area contributed by atoms with Crippen LogP contribution in [0.3, 0.4) is 0 Å². The van der Waals surface area contributed by atoms with Gasteiger partial charge in [0, 0.05) is 6.20 Å². The predicted octanol–water partition coefficient (Wildman–Crippen LogP) is 2.16. The number of anilines is 1. The van der Waals surface area contributed by atoms with E-state index in [0.29, 0.717) is 5.82 Å². The molecule has 0 spiro atoms. The first-order valence-corrected chi connectivity index (χ1v) is 5.00. The van der Waals surface area contributed by atoms with Crippen molar-refractivity contribution in [2.24, 2.45) is 11.7 Å². The van der Waals surface area contributed by atoms with E-state index in [2.05, 4.69) is 10.3 Å². The van der Waals surface area contributed by atoms with Crippen LogP contribution in [0.1, 0.15) is 19.4 Å². The third kappa shape index (κ3) is 5.86. The number of aromatic nitrogens is 1. The third-order valence-electron chi connectivity index (χ3n) is 2.19. The summed E-state index contributed by atoms with van der Waals surface area (Å²) in [7, 11) is 0. The zero-order valence-corrected chi connectivity index (χ0v) is 11.8. The van der Waals surface area contributed by atoms with Crippen LogP contribution in [-0.4, -0.2) is 16.9 Å². The fourth-order valence-corrected chi connectivity index (χ4v) is 1.12. The van der Waals surface area contributed by atoms with E-state index in [1.807, 2.05) is 32.9 Å². The van der Waals surface area contributed by atoms with Gasteiger partial charge in [-0.2, -0.15) is 0 Å². The fourth-order valence-electron chi connectivity index (χ4n) is 1.12. The minimum Gasteiger partial charge on any atom is -0.320 e. The Kier molecular flexibility index (Phi) is 9.02. The maximum absolute atomic E-state index is 11.6. The lowest BCUT2D eigenvalue weighted by Gasteiger charge is -2.14. The van der Waals surface area contributed by atoms with Crippen LogP contribution in [0.15, 0.2) is 18.3 Å². The Morgan fingerprint density at radius 1 is 1.41 bits per heavy atom. The Morgan fingerprint density at radius 2 is 2.00 bits per heavy atom. The van der Waals surface area contributed by atoms with Crippen molar-refractivity contribution < 1.29 is 4.79 Å². The molecule has 1 rings (SSSR count). The van der Waals surface area contributed by atoms with E-state index in [9.17, 15) is 4.79 Å². The van der Waals surface area contributed by atoms with Crippen molar-refractivity contribution in [2.45, 2.75) is 26.8 Å². The molecule has 1 aromatic heterocycles. The summed E-state index contributed by atoms with van der Waals surface area (Å²) in [5.74, 6) is 0.481. The van der Waals surface area contributed by atoms with Crippen LogP contribution < -0.4 is 11.1 Å². The van der Waals surface area contributed by atoms with E-state index < -0.39 is 6.04 Å². The van der Waals surface area contributed by atoms with E-state index in [-0.39, 0.29) is 36.6 Å². The summed E-state index contributed by atoms with van der Waals surface area (Å²) in [5.41, 5.74) is 6.76. The number of hydrogen-bond donors (Lipinski definition) is 2. The number of carbonyl (C=O) groups excluding carboxylic acids is 1. The average molecular weight is 280 g/mol. The summed E-state index contributed by atoms with van der Waals surface area (Å²) >= 11 is 0. The number of hydrogen-bond acceptors (Lipinski definition) is 3. The van der Waals surface area contributed by atoms with Crippen molar-refractivity contribution in [1.29, 1.82) is 0 Å². The van der Waals surface area contributed by atoms with E-state index >= 15 is 0 Å². The van der Waals surface area contributed by atoms with E-state index in [0.717, 1.165) is 5.56 Å². The number of halogens is 2. The number of carbonyl (C=O) groups is 1. The molecule has 0 aliphatic carbocycles. The zero-order chi connectivity index (χ0) is 11.4. The molecule has 0 aliphatic heterocycles. The molecular weight excluding hydrogens is 261 g/mol. The molecule has 0 aliphatic rings. The van der Waals surface area contributed by atoms with Gasteiger partial charge >= 0.3 is 0 Å². The number of aryl methyl sites for hydroxylation is 1. The molecule has 0 saturated carbocycles. The van der Waals surface area contributed by atoms with Crippen LogP contribution >= 0.6 is 24.8 Å². The topological polar surface area (TPSA) is 68.0 Å². The van der Waals surface area contributed by atoms with Crippen LogP contribution in [0.2, 0.25) is 0 Å². The molecule has 0 aromatic carbocycles. The molecule has 0 radical (unpaired) electrons. The Hall–Kier alpha value is -0.840. The lowest BCUT2D eigenvalue weighted by Crippen LogP contribution is -2.39. The smallest absolute Gasteiger partial charge is 0.242 e. The van der Waals surface area contributed by atoms with Gasteiger partial charge in [-0.1, -0.05) is 13.8 Å². The van der Waals surface area contributed by atoms with Crippen LogP contribution in [0, 0.1) is 12.8 Å². The minimum absolute atomic E-state index is 0. The van der Waals surface area contributed by atoms with Gasteiger partial charge in [-0.25, -0.2) is 4.98 Å². The number of pyridine rings is 1. The molecule has 0 unspecified atom stereocenters. The number of nitrogens with one attached hydrogen (secondary N) is 1. The van der Waals surface area contributed by atoms with Crippen LogP contribution in [-0.2, 0) is 4.79 Å². The monoisotopic (exact) mass is 279 g/mol. The lowest BCUT2D eigenvalue weighted by atomic mass is 10.1. The maximum Gasteiger partial charge on any atom is 0.242 e. The second-order valence-electron chi connectivity index (χ2n) is 3.98. The molecule has 1 aromatic rings. The number of rotatable bonds is 3. The Labute approximate surface area is 114 Å². The molecule has 98 valence electrons. The standard InChI is InChI=1S/C11H17N3O.2ClH/c1-7(2)10(12)11(15)14-9-6-8(3)4-5-13-9;;/h4-7,10H,12H2,1-3H3,(H,13,14,15);2*1H/t10-;;/m1../s1. The fraction of sp³-hybridized carbons (Fsp3) is 0.455. The van der Waals surface area contributed by atoms with Crippen molar-refractivity contribution in [3.05, 3.63) is 23.9 Å². The predicted molar refractivity (Wildman–Crippen MR) is 74.9 cm³/mol. The van der Waals surface area contributed by atoms with Gasteiger partial charge in [0.2, 0.25) is 5.91 Å². The van der Waals surface area contributed by atoms with Crippen LogP contribution in [0.4, 0.5) is 5.82 Å². The first kappa shape index (κ1) is 18.5. The highest BCUT2D eigenvalue weighted by atomic mass is 35.5. The lowest BCUT2D eigenvalue weighted by molar-refractivity contribution is -0.118. The largest absolute Gasteiger partial charge is 0.320 e. The summed E-state index contributed by atoms with van der Waals surface area (Å²) in [6.45, 7) is 5.77. The van der Waals surface area contributed by atoms with Crippen molar-refractivity contribution >= 4 is 36.5 Å². The van der Waals surface area contributed by atoms with Gasteiger partial charge in [-0.05, 0) is 30.5 Å².